The van der Waals surface area contributed by atoms with Gasteiger partial charge in [-0.2, -0.15) is 0 Å². The summed E-state index contributed by atoms with van der Waals surface area (Å²) in [6.45, 7) is 0. The molecule has 0 aliphatic heterocycles. The van der Waals surface area contributed by atoms with E-state index < -0.39 is 0 Å². The average molecular weight is 667 g/mol. The number of rotatable bonds is 5. The SMILES string of the molecule is c1ccc(-n2c3ccccc3c3ccc(N(c4ccc(-c5ccc6c(c5)oc5ccccc56)cc4)c4cccc5c4oc4ccccc45)cc32)cc1. The van der Waals surface area contributed by atoms with Crippen LogP contribution in [-0.2, 0) is 0 Å². The zero-order valence-corrected chi connectivity index (χ0v) is 28.0. The minimum Gasteiger partial charge on any atom is -0.456 e. The van der Waals surface area contributed by atoms with Crippen molar-refractivity contribution < 1.29 is 8.83 Å². The molecule has 0 bridgehead atoms. The van der Waals surface area contributed by atoms with Gasteiger partial charge >= 0.3 is 0 Å². The molecule has 0 saturated heterocycles. The van der Waals surface area contributed by atoms with Gasteiger partial charge in [-0.05, 0) is 83.9 Å². The smallest absolute Gasteiger partial charge is 0.159 e. The molecule has 0 amide bonds. The standard InChI is InChI=1S/C48H30N2O2/c1-2-11-33(12-3-1)50-42-17-7-4-13-36(42)37-28-26-35(30-44(37)50)49(43-18-10-16-41-39-15-6-9-20-46(39)52-48(41)43)34-24-21-31(22-25-34)32-23-27-40-38-14-5-8-19-45(38)51-47(40)29-32/h1-30H. The van der Waals surface area contributed by atoms with Crippen molar-refractivity contribution in [3.8, 4) is 16.8 Å². The molecule has 244 valence electrons. The molecule has 8 aromatic carbocycles. The molecule has 0 N–H and O–H groups in total. The number of furan rings is 2. The second-order valence-electron chi connectivity index (χ2n) is 13.3. The van der Waals surface area contributed by atoms with Crippen molar-refractivity contribution in [2.24, 2.45) is 0 Å². The van der Waals surface area contributed by atoms with Crippen LogP contribution in [0.3, 0.4) is 0 Å². The summed E-state index contributed by atoms with van der Waals surface area (Å²) in [5.41, 5.74) is 12.2. The molecule has 11 aromatic rings. The van der Waals surface area contributed by atoms with E-state index in [4.69, 9.17) is 8.83 Å². The highest BCUT2D eigenvalue weighted by Gasteiger charge is 2.21. The Morgan fingerprint density at radius 1 is 0.365 bits per heavy atom. The lowest BCUT2D eigenvalue weighted by Gasteiger charge is -2.26. The zero-order valence-electron chi connectivity index (χ0n) is 28.0. The molecule has 4 nitrogen and oxygen atoms in total. The zero-order chi connectivity index (χ0) is 34.2. The highest BCUT2D eigenvalue weighted by atomic mass is 16.3. The number of nitrogens with zero attached hydrogens (tertiary/aromatic N) is 2. The summed E-state index contributed by atoms with van der Waals surface area (Å²) in [6, 6.07) is 64.3. The van der Waals surface area contributed by atoms with E-state index in [1.165, 1.54) is 16.3 Å². The highest BCUT2D eigenvalue weighted by Crippen LogP contribution is 2.44. The Kier molecular flexibility index (Phi) is 6.22. The molecule has 4 heteroatoms. The van der Waals surface area contributed by atoms with Gasteiger partial charge in [-0.3, -0.25) is 0 Å². The van der Waals surface area contributed by atoms with Gasteiger partial charge in [0.05, 0.1) is 16.7 Å². The number of para-hydroxylation sites is 5. The van der Waals surface area contributed by atoms with Gasteiger partial charge in [0.15, 0.2) is 5.58 Å². The second kappa shape index (κ2) is 11.2. The first kappa shape index (κ1) is 28.8. The molecule has 0 spiro atoms. The van der Waals surface area contributed by atoms with E-state index >= 15 is 0 Å². The molecule has 11 rings (SSSR count). The first-order valence-electron chi connectivity index (χ1n) is 17.6. The van der Waals surface area contributed by atoms with Crippen LogP contribution in [0.25, 0.3) is 82.5 Å². The fourth-order valence-corrected chi connectivity index (χ4v) is 8.00. The number of aromatic nitrogens is 1. The van der Waals surface area contributed by atoms with E-state index in [9.17, 15) is 0 Å². The number of fused-ring (bicyclic) bond motifs is 9. The maximum atomic E-state index is 6.64. The fraction of sp³-hybridized carbons (Fsp3) is 0. The summed E-state index contributed by atoms with van der Waals surface area (Å²) in [7, 11) is 0. The normalized spacial score (nSPS) is 11.8. The minimum atomic E-state index is 0.854. The van der Waals surface area contributed by atoms with Gasteiger partial charge < -0.3 is 18.3 Å². The molecule has 0 unspecified atom stereocenters. The summed E-state index contributed by atoms with van der Waals surface area (Å²) in [6.07, 6.45) is 0. The topological polar surface area (TPSA) is 34.5 Å². The molecule has 52 heavy (non-hydrogen) atoms. The van der Waals surface area contributed by atoms with Crippen molar-refractivity contribution in [2.75, 3.05) is 4.90 Å². The van der Waals surface area contributed by atoms with Gasteiger partial charge in [0, 0.05) is 49.4 Å². The third kappa shape index (κ3) is 4.34. The van der Waals surface area contributed by atoms with Gasteiger partial charge in [-0.25, -0.2) is 0 Å². The Morgan fingerprint density at radius 2 is 0.962 bits per heavy atom. The summed E-state index contributed by atoms with van der Waals surface area (Å²) in [5.74, 6) is 0. The molecule has 0 aliphatic rings. The highest BCUT2D eigenvalue weighted by molar-refractivity contribution is 6.13. The summed E-state index contributed by atoms with van der Waals surface area (Å²) < 4.78 is 15.2. The number of hydrogen-bond acceptors (Lipinski definition) is 3. The van der Waals surface area contributed by atoms with Gasteiger partial charge in [-0.15, -0.1) is 0 Å². The fourth-order valence-electron chi connectivity index (χ4n) is 8.00. The van der Waals surface area contributed by atoms with Crippen LogP contribution in [0.4, 0.5) is 17.1 Å². The van der Waals surface area contributed by atoms with E-state index in [1.807, 2.05) is 24.3 Å². The lowest BCUT2D eigenvalue weighted by Crippen LogP contribution is -2.10. The monoisotopic (exact) mass is 666 g/mol. The first-order chi connectivity index (χ1) is 25.8. The van der Waals surface area contributed by atoms with E-state index in [2.05, 4.69) is 167 Å². The lowest BCUT2D eigenvalue weighted by atomic mass is 10.0. The summed E-state index contributed by atoms with van der Waals surface area (Å²) in [5, 5.41) is 6.90. The van der Waals surface area contributed by atoms with Crippen molar-refractivity contribution in [1.82, 2.24) is 4.57 Å². The lowest BCUT2D eigenvalue weighted by molar-refractivity contribution is 0.668. The van der Waals surface area contributed by atoms with Crippen LogP contribution in [0.15, 0.2) is 191 Å². The molecular weight excluding hydrogens is 637 g/mol. The third-order valence-corrected chi connectivity index (χ3v) is 10.4. The average Bonchev–Trinajstić information content (AvgIpc) is 3.88. The summed E-state index contributed by atoms with van der Waals surface area (Å²) in [4.78, 5) is 2.32. The van der Waals surface area contributed by atoms with Crippen LogP contribution in [0, 0.1) is 0 Å². The first-order valence-corrected chi connectivity index (χ1v) is 17.6. The van der Waals surface area contributed by atoms with Crippen molar-refractivity contribution in [1.29, 1.82) is 0 Å². The van der Waals surface area contributed by atoms with Crippen molar-refractivity contribution in [3.63, 3.8) is 0 Å². The Bertz CT molecular complexity index is 3130. The molecule has 0 atom stereocenters. The Balaban J connectivity index is 1.11. The van der Waals surface area contributed by atoms with Crippen molar-refractivity contribution in [3.05, 3.63) is 182 Å². The molecule has 3 aromatic heterocycles. The third-order valence-electron chi connectivity index (χ3n) is 10.4. The quantitative estimate of drug-likeness (QED) is 0.183. The molecule has 0 fully saturated rings. The number of benzene rings is 8. The van der Waals surface area contributed by atoms with Crippen molar-refractivity contribution in [2.45, 2.75) is 0 Å². The van der Waals surface area contributed by atoms with Gasteiger partial charge in [0.25, 0.3) is 0 Å². The van der Waals surface area contributed by atoms with Crippen LogP contribution < -0.4 is 4.90 Å². The van der Waals surface area contributed by atoms with E-state index in [0.717, 1.165) is 83.3 Å². The van der Waals surface area contributed by atoms with E-state index in [1.54, 1.807) is 0 Å². The van der Waals surface area contributed by atoms with E-state index in [0.29, 0.717) is 0 Å². The van der Waals surface area contributed by atoms with Crippen LogP contribution >= 0.6 is 0 Å². The Labute approximate surface area is 299 Å². The molecule has 0 radical (unpaired) electrons. The van der Waals surface area contributed by atoms with Crippen molar-refractivity contribution >= 4 is 82.7 Å². The van der Waals surface area contributed by atoms with Gasteiger partial charge in [0.2, 0.25) is 0 Å². The van der Waals surface area contributed by atoms with Gasteiger partial charge in [-0.1, -0.05) is 109 Å². The molecule has 0 saturated carbocycles. The van der Waals surface area contributed by atoms with Crippen LogP contribution in [0.1, 0.15) is 0 Å². The van der Waals surface area contributed by atoms with Crippen LogP contribution in [0.5, 0.6) is 0 Å². The van der Waals surface area contributed by atoms with Crippen LogP contribution in [0.2, 0.25) is 0 Å². The molecular formula is C48H30N2O2. The maximum Gasteiger partial charge on any atom is 0.159 e. The Hall–Kier alpha value is -7.04. The van der Waals surface area contributed by atoms with Gasteiger partial charge in [0.1, 0.15) is 16.7 Å². The second-order valence-corrected chi connectivity index (χ2v) is 13.3. The number of hydrogen-bond donors (Lipinski definition) is 0. The minimum absolute atomic E-state index is 0.854. The maximum absolute atomic E-state index is 6.64. The van der Waals surface area contributed by atoms with Crippen LogP contribution in [-0.4, -0.2) is 4.57 Å². The predicted octanol–water partition coefficient (Wildman–Crippen LogP) is 13.7. The molecule has 0 aliphatic carbocycles. The Morgan fingerprint density at radius 3 is 1.79 bits per heavy atom. The largest absolute Gasteiger partial charge is 0.456 e. The number of anilines is 3. The summed E-state index contributed by atoms with van der Waals surface area (Å²) >= 11 is 0. The van der Waals surface area contributed by atoms with E-state index in [-0.39, 0.29) is 0 Å². The molecule has 3 heterocycles. The predicted molar refractivity (Wildman–Crippen MR) is 215 cm³/mol.